The minimum atomic E-state index is -0.350. The molecule has 1 rings (SSSR count). The molecular weight excluding hydrogens is 280 g/mol. The van der Waals surface area contributed by atoms with E-state index >= 15 is 0 Å². The minimum Gasteiger partial charge on any atom is -0.466 e. The van der Waals surface area contributed by atoms with Crippen LogP contribution in [-0.2, 0) is 27.3 Å². The van der Waals surface area contributed by atoms with Gasteiger partial charge in [-0.2, -0.15) is 0 Å². The van der Waals surface area contributed by atoms with E-state index in [2.05, 4.69) is 10.3 Å². The first-order valence-electron chi connectivity index (χ1n) is 6.13. The fourth-order valence-electron chi connectivity index (χ4n) is 1.30. The zero-order valence-corrected chi connectivity index (χ0v) is 12.2. The summed E-state index contributed by atoms with van der Waals surface area (Å²) >= 11 is 5.88. The van der Waals surface area contributed by atoms with Crippen LogP contribution in [0.2, 0.25) is 5.02 Å². The first-order chi connectivity index (χ1) is 9.15. The molecule has 0 bridgehead atoms. The van der Waals surface area contributed by atoms with Crippen LogP contribution in [0.15, 0.2) is 12.1 Å². The number of hydrogen-bond acceptors (Lipinski definition) is 4. The van der Waals surface area contributed by atoms with E-state index in [0.29, 0.717) is 29.4 Å². The van der Waals surface area contributed by atoms with E-state index in [4.69, 9.17) is 16.3 Å². The monoisotopic (exact) mass is 302 g/mol. The van der Waals surface area contributed by atoms with Crippen LogP contribution in [0.1, 0.15) is 39.6 Å². The second-order valence-electron chi connectivity index (χ2n) is 3.25. The van der Waals surface area contributed by atoms with E-state index in [9.17, 15) is 9.59 Å². The highest BCUT2D eigenvalue weighted by Gasteiger charge is 2.07. The van der Waals surface area contributed by atoms with Crippen molar-refractivity contribution >= 4 is 24.0 Å². The average Bonchev–Trinajstić information content (AvgIpc) is 2.38. The highest BCUT2D eigenvalue weighted by molar-refractivity contribution is 6.30. The van der Waals surface area contributed by atoms with Crippen molar-refractivity contribution < 1.29 is 14.3 Å². The summed E-state index contributed by atoms with van der Waals surface area (Å²) in [6, 6.07) is 3.23. The first-order valence-corrected chi connectivity index (χ1v) is 6.51. The molecule has 1 aromatic heterocycles. The number of pyridine rings is 1. The third-order valence-electron chi connectivity index (χ3n) is 1.89. The van der Waals surface area contributed by atoms with Crippen molar-refractivity contribution in [2.45, 2.75) is 41.2 Å². The number of hydrogen-bond donors (Lipinski definition) is 1. The van der Waals surface area contributed by atoms with Crippen molar-refractivity contribution in [2.75, 3.05) is 6.61 Å². The molecule has 20 heavy (non-hydrogen) atoms. The molecule has 0 atom stereocenters. The van der Waals surface area contributed by atoms with Gasteiger partial charge in [-0.25, -0.2) is 0 Å². The second-order valence-corrected chi connectivity index (χ2v) is 3.69. The van der Waals surface area contributed by atoms with Gasteiger partial charge in [0.2, 0.25) is 6.41 Å². The van der Waals surface area contributed by atoms with Crippen molar-refractivity contribution in [1.82, 2.24) is 10.3 Å². The number of rotatable bonds is 6. The van der Waals surface area contributed by atoms with Gasteiger partial charge >= 0.3 is 5.97 Å². The maximum Gasteiger partial charge on any atom is 0.311 e. The van der Waals surface area contributed by atoms with Gasteiger partial charge in [0.05, 0.1) is 31.0 Å². The van der Waals surface area contributed by atoms with Crippen molar-refractivity contribution in [3.05, 3.63) is 28.5 Å². The van der Waals surface area contributed by atoms with Crippen molar-refractivity contribution in [3.8, 4) is 0 Å². The van der Waals surface area contributed by atoms with Crippen LogP contribution in [0.3, 0.4) is 0 Å². The van der Waals surface area contributed by atoms with Crippen LogP contribution in [-0.4, -0.2) is 24.0 Å². The number of ether oxygens (including phenoxy) is 1. The molecule has 0 aliphatic heterocycles. The SMILES string of the molecule is C.CC.CCOC(=O)Cc1cc(Cl)cc(CNC=O)n1. The summed E-state index contributed by atoms with van der Waals surface area (Å²) in [5, 5.41) is 2.95. The summed E-state index contributed by atoms with van der Waals surface area (Å²) in [5.74, 6) is -0.350. The summed E-state index contributed by atoms with van der Waals surface area (Å²) in [5.41, 5.74) is 1.13. The predicted molar refractivity (Wildman–Crippen MR) is 80.6 cm³/mol. The van der Waals surface area contributed by atoms with E-state index in [1.54, 1.807) is 19.1 Å². The number of esters is 1. The van der Waals surface area contributed by atoms with Crippen LogP contribution in [0.5, 0.6) is 0 Å². The normalized spacial score (nSPS) is 8.60. The molecule has 0 aliphatic carbocycles. The Morgan fingerprint density at radius 1 is 1.40 bits per heavy atom. The van der Waals surface area contributed by atoms with Crippen molar-refractivity contribution in [2.24, 2.45) is 0 Å². The number of amides is 1. The Morgan fingerprint density at radius 3 is 2.55 bits per heavy atom. The molecule has 1 heterocycles. The number of carbonyl (C=O) groups excluding carboxylic acids is 2. The lowest BCUT2D eigenvalue weighted by atomic mass is 10.2. The minimum absolute atomic E-state index is 0. The molecule has 5 nitrogen and oxygen atoms in total. The van der Waals surface area contributed by atoms with Gasteiger partial charge in [0.1, 0.15) is 0 Å². The standard InChI is InChI=1S/C11H13ClN2O3.C2H6.CH4/c1-2-17-11(16)5-9-3-8(12)4-10(14-9)6-13-7-15;1-2;/h3-4,7H,2,5-6H2,1H3,(H,13,15);1-2H3;1H4. The Hall–Kier alpha value is -1.62. The predicted octanol–water partition coefficient (Wildman–Crippen LogP) is 2.75. The molecule has 6 heteroatoms. The highest BCUT2D eigenvalue weighted by atomic mass is 35.5. The molecule has 0 saturated heterocycles. The fraction of sp³-hybridized carbons (Fsp3) is 0.500. The van der Waals surface area contributed by atoms with E-state index in [0.717, 1.165) is 0 Å². The Labute approximate surface area is 125 Å². The molecule has 0 saturated carbocycles. The topological polar surface area (TPSA) is 68.3 Å². The van der Waals surface area contributed by atoms with E-state index in [1.165, 1.54) is 0 Å². The summed E-state index contributed by atoms with van der Waals surface area (Å²) in [4.78, 5) is 25.6. The lowest BCUT2D eigenvalue weighted by molar-refractivity contribution is -0.142. The summed E-state index contributed by atoms with van der Waals surface area (Å²) in [7, 11) is 0. The van der Waals surface area contributed by atoms with Gasteiger partial charge in [0, 0.05) is 5.02 Å². The molecule has 0 radical (unpaired) electrons. The zero-order valence-electron chi connectivity index (χ0n) is 11.4. The number of halogens is 1. The van der Waals surface area contributed by atoms with Crippen LogP contribution in [0, 0.1) is 0 Å². The van der Waals surface area contributed by atoms with Gasteiger partial charge in [0.15, 0.2) is 0 Å². The molecule has 0 aliphatic rings. The maximum atomic E-state index is 11.3. The highest BCUT2D eigenvalue weighted by Crippen LogP contribution is 2.12. The molecule has 0 spiro atoms. The number of aromatic nitrogens is 1. The van der Waals surface area contributed by atoms with Gasteiger partial charge in [-0.3, -0.25) is 14.6 Å². The van der Waals surface area contributed by atoms with Gasteiger partial charge in [-0.15, -0.1) is 0 Å². The largest absolute Gasteiger partial charge is 0.466 e. The van der Waals surface area contributed by atoms with Gasteiger partial charge < -0.3 is 10.1 Å². The summed E-state index contributed by atoms with van der Waals surface area (Å²) in [6.45, 7) is 6.35. The van der Waals surface area contributed by atoms with E-state index in [1.807, 2.05) is 13.8 Å². The lowest BCUT2D eigenvalue weighted by Gasteiger charge is -2.05. The van der Waals surface area contributed by atoms with Crippen molar-refractivity contribution in [3.63, 3.8) is 0 Å². The van der Waals surface area contributed by atoms with Gasteiger partial charge in [-0.05, 0) is 19.1 Å². The van der Waals surface area contributed by atoms with Crippen LogP contribution in [0.25, 0.3) is 0 Å². The Kier molecular flexibility index (Phi) is 12.8. The molecule has 1 aromatic rings. The molecule has 0 unspecified atom stereocenters. The number of carbonyl (C=O) groups is 2. The molecule has 1 amide bonds. The van der Waals surface area contributed by atoms with E-state index < -0.39 is 0 Å². The summed E-state index contributed by atoms with van der Waals surface area (Å²) in [6.07, 6.45) is 0.649. The Bertz CT molecular complexity index is 411. The molecule has 114 valence electrons. The van der Waals surface area contributed by atoms with Crippen LogP contribution >= 0.6 is 11.6 Å². The van der Waals surface area contributed by atoms with Crippen molar-refractivity contribution in [1.29, 1.82) is 0 Å². The number of nitrogens with zero attached hydrogens (tertiary/aromatic N) is 1. The maximum absolute atomic E-state index is 11.3. The number of nitrogens with one attached hydrogen (secondary N) is 1. The van der Waals surface area contributed by atoms with Gasteiger partial charge in [0.25, 0.3) is 0 Å². The first kappa shape index (κ1) is 20.7. The Balaban J connectivity index is 0. The van der Waals surface area contributed by atoms with Gasteiger partial charge in [-0.1, -0.05) is 32.9 Å². The van der Waals surface area contributed by atoms with Crippen LogP contribution < -0.4 is 5.32 Å². The fourth-order valence-corrected chi connectivity index (χ4v) is 1.55. The smallest absolute Gasteiger partial charge is 0.311 e. The lowest BCUT2D eigenvalue weighted by Crippen LogP contribution is -2.13. The van der Waals surface area contributed by atoms with E-state index in [-0.39, 0.29) is 26.4 Å². The second kappa shape index (κ2) is 12.4. The molecule has 0 fully saturated rings. The third-order valence-corrected chi connectivity index (χ3v) is 2.11. The third kappa shape index (κ3) is 8.48. The quantitative estimate of drug-likeness (QED) is 0.648. The summed E-state index contributed by atoms with van der Waals surface area (Å²) < 4.78 is 4.81. The zero-order chi connectivity index (χ0) is 14.7. The average molecular weight is 303 g/mol. The molecular formula is C14H23ClN2O3. The van der Waals surface area contributed by atoms with Crippen LogP contribution in [0.4, 0.5) is 0 Å². The molecule has 0 aromatic carbocycles. The Morgan fingerprint density at radius 2 is 2.00 bits per heavy atom. The molecule has 1 N–H and O–H groups in total.